The Hall–Kier alpha value is -1.18. The quantitative estimate of drug-likeness (QED) is 0.790. The maximum atomic E-state index is 13.7. The molecule has 0 fully saturated rings. The van der Waals surface area contributed by atoms with E-state index in [1.165, 1.54) is 12.1 Å². The van der Waals surface area contributed by atoms with E-state index in [1.54, 1.807) is 19.0 Å². The van der Waals surface area contributed by atoms with Gasteiger partial charge in [-0.3, -0.25) is 0 Å². The van der Waals surface area contributed by atoms with Gasteiger partial charge in [-0.25, -0.2) is 17.9 Å². The fourth-order valence-corrected chi connectivity index (χ4v) is 1.90. The Morgan fingerprint density at radius 1 is 1.47 bits per heavy atom. The SMILES string of the molecule is CNCCN(C)c1ccc(S(N)(=O)=O)cc1F. The number of hydrogen-bond acceptors (Lipinski definition) is 4. The molecule has 0 aliphatic rings. The molecule has 0 aliphatic carbocycles. The summed E-state index contributed by atoms with van der Waals surface area (Å²) in [5.74, 6) is -0.602. The molecule has 0 unspecified atom stereocenters. The molecular weight excluding hydrogens is 245 g/mol. The number of rotatable bonds is 5. The largest absolute Gasteiger partial charge is 0.371 e. The number of nitrogens with one attached hydrogen (secondary N) is 1. The molecule has 3 N–H and O–H groups in total. The number of halogens is 1. The van der Waals surface area contributed by atoms with E-state index < -0.39 is 15.8 Å². The van der Waals surface area contributed by atoms with Crippen LogP contribution in [0.15, 0.2) is 23.1 Å². The summed E-state index contributed by atoms with van der Waals surface area (Å²) >= 11 is 0. The molecule has 0 atom stereocenters. The summed E-state index contributed by atoms with van der Waals surface area (Å²) in [5, 5.41) is 7.86. The number of nitrogens with zero attached hydrogens (tertiary/aromatic N) is 1. The number of anilines is 1. The average molecular weight is 261 g/mol. The van der Waals surface area contributed by atoms with Crippen LogP contribution >= 0.6 is 0 Å². The topological polar surface area (TPSA) is 75.4 Å². The van der Waals surface area contributed by atoms with Crippen molar-refractivity contribution in [2.75, 3.05) is 32.1 Å². The van der Waals surface area contributed by atoms with Crippen molar-refractivity contribution in [2.24, 2.45) is 5.14 Å². The summed E-state index contributed by atoms with van der Waals surface area (Å²) in [7, 11) is -0.327. The minimum Gasteiger partial charge on any atom is -0.371 e. The average Bonchev–Trinajstić information content (AvgIpc) is 2.24. The normalized spacial score (nSPS) is 11.5. The third-order valence-corrected chi connectivity index (χ3v) is 3.27. The van der Waals surface area contributed by atoms with Gasteiger partial charge in [0.15, 0.2) is 0 Å². The van der Waals surface area contributed by atoms with Crippen LogP contribution < -0.4 is 15.4 Å². The predicted molar refractivity (Wildman–Crippen MR) is 65.0 cm³/mol. The van der Waals surface area contributed by atoms with Crippen molar-refractivity contribution in [2.45, 2.75) is 4.90 Å². The van der Waals surface area contributed by atoms with Gasteiger partial charge in [-0.2, -0.15) is 0 Å². The van der Waals surface area contributed by atoms with Gasteiger partial charge in [-0.15, -0.1) is 0 Å². The maximum absolute atomic E-state index is 13.7. The second-order valence-corrected chi connectivity index (χ2v) is 5.24. The number of sulfonamides is 1. The lowest BCUT2D eigenvalue weighted by Gasteiger charge is -2.19. The fourth-order valence-electron chi connectivity index (χ4n) is 1.37. The monoisotopic (exact) mass is 261 g/mol. The lowest BCUT2D eigenvalue weighted by Crippen LogP contribution is -2.27. The van der Waals surface area contributed by atoms with Crippen molar-refractivity contribution in [3.8, 4) is 0 Å². The Balaban J connectivity index is 2.98. The second-order valence-electron chi connectivity index (χ2n) is 3.68. The molecular formula is C10H16FN3O2S. The standard InChI is InChI=1S/C10H16FN3O2S/c1-13-5-6-14(2)10-4-3-8(7-9(10)11)17(12,15)16/h3-4,7,13H,5-6H2,1-2H3,(H2,12,15,16). The molecule has 0 aromatic heterocycles. The molecule has 1 aromatic rings. The molecule has 0 heterocycles. The Morgan fingerprint density at radius 2 is 2.12 bits per heavy atom. The van der Waals surface area contributed by atoms with Gasteiger partial charge < -0.3 is 10.2 Å². The number of nitrogens with two attached hydrogens (primary N) is 1. The minimum atomic E-state index is -3.86. The van der Waals surface area contributed by atoms with Gasteiger partial charge in [0, 0.05) is 20.1 Å². The van der Waals surface area contributed by atoms with E-state index in [-0.39, 0.29) is 4.90 Å². The van der Waals surface area contributed by atoms with Crippen LogP contribution in [0.2, 0.25) is 0 Å². The molecule has 5 nitrogen and oxygen atoms in total. The summed E-state index contributed by atoms with van der Waals surface area (Å²) < 4.78 is 35.7. The van der Waals surface area contributed by atoms with Gasteiger partial charge in [0.1, 0.15) is 5.82 Å². The van der Waals surface area contributed by atoms with Crippen molar-refractivity contribution in [1.29, 1.82) is 0 Å². The van der Waals surface area contributed by atoms with E-state index in [2.05, 4.69) is 5.32 Å². The highest BCUT2D eigenvalue weighted by Gasteiger charge is 2.13. The first-order valence-corrected chi connectivity index (χ1v) is 6.59. The zero-order valence-corrected chi connectivity index (χ0v) is 10.6. The second kappa shape index (κ2) is 5.44. The molecule has 1 aromatic carbocycles. The van der Waals surface area contributed by atoms with E-state index >= 15 is 0 Å². The smallest absolute Gasteiger partial charge is 0.238 e. The predicted octanol–water partition coefficient (Wildman–Crippen LogP) is 0.129. The molecule has 0 radical (unpaired) electrons. The molecule has 0 saturated carbocycles. The van der Waals surface area contributed by atoms with Crippen molar-refractivity contribution in [1.82, 2.24) is 5.32 Å². The van der Waals surface area contributed by atoms with E-state index in [0.717, 1.165) is 6.07 Å². The van der Waals surface area contributed by atoms with Crippen LogP contribution in [0.25, 0.3) is 0 Å². The zero-order chi connectivity index (χ0) is 13.1. The molecule has 0 saturated heterocycles. The molecule has 0 aliphatic heterocycles. The van der Waals surface area contributed by atoms with Crippen LogP contribution in [-0.2, 0) is 10.0 Å². The van der Waals surface area contributed by atoms with Crippen LogP contribution in [0.1, 0.15) is 0 Å². The van der Waals surface area contributed by atoms with Gasteiger partial charge >= 0.3 is 0 Å². The van der Waals surface area contributed by atoms with Gasteiger partial charge in [0.2, 0.25) is 10.0 Å². The van der Waals surface area contributed by atoms with Gasteiger partial charge in [0.05, 0.1) is 10.6 Å². The van der Waals surface area contributed by atoms with Crippen molar-refractivity contribution >= 4 is 15.7 Å². The van der Waals surface area contributed by atoms with Crippen molar-refractivity contribution in [3.05, 3.63) is 24.0 Å². The van der Waals surface area contributed by atoms with Crippen LogP contribution in [0.4, 0.5) is 10.1 Å². The zero-order valence-electron chi connectivity index (χ0n) is 9.77. The summed E-state index contributed by atoms with van der Waals surface area (Å²) in [6.07, 6.45) is 0. The van der Waals surface area contributed by atoms with E-state index in [4.69, 9.17) is 5.14 Å². The Labute approximate surface area is 100 Å². The molecule has 96 valence electrons. The number of primary sulfonamides is 1. The summed E-state index contributed by atoms with van der Waals surface area (Å²) in [6, 6.07) is 3.63. The van der Waals surface area contributed by atoms with Gasteiger partial charge in [-0.1, -0.05) is 0 Å². The van der Waals surface area contributed by atoms with E-state index in [1.807, 2.05) is 0 Å². The molecule has 1 rings (SSSR count). The van der Waals surface area contributed by atoms with E-state index in [0.29, 0.717) is 18.8 Å². The Kier molecular flexibility index (Phi) is 4.44. The first-order chi connectivity index (χ1) is 7.86. The lowest BCUT2D eigenvalue weighted by molar-refractivity contribution is 0.591. The maximum Gasteiger partial charge on any atom is 0.238 e. The molecule has 0 bridgehead atoms. The summed E-state index contributed by atoms with van der Waals surface area (Å²) in [4.78, 5) is 1.47. The van der Waals surface area contributed by atoms with Crippen molar-refractivity contribution < 1.29 is 12.8 Å². The molecule has 7 heteroatoms. The highest BCUT2D eigenvalue weighted by atomic mass is 32.2. The third-order valence-electron chi connectivity index (χ3n) is 2.36. The van der Waals surface area contributed by atoms with Crippen molar-refractivity contribution in [3.63, 3.8) is 0 Å². The molecule has 0 amide bonds. The van der Waals surface area contributed by atoms with Gasteiger partial charge in [-0.05, 0) is 25.2 Å². The van der Waals surface area contributed by atoms with Gasteiger partial charge in [0.25, 0.3) is 0 Å². The first kappa shape index (κ1) is 13.9. The first-order valence-electron chi connectivity index (χ1n) is 5.04. The minimum absolute atomic E-state index is 0.222. The number of likely N-dealkylation sites (N-methyl/N-ethyl adjacent to an activating group) is 2. The Morgan fingerprint density at radius 3 is 2.59 bits per heavy atom. The van der Waals surface area contributed by atoms with Crippen LogP contribution in [-0.4, -0.2) is 35.6 Å². The highest BCUT2D eigenvalue weighted by molar-refractivity contribution is 7.89. The van der Waals surface area contributed by atoms with E-state index in [9.17, 15) is 12.8 Å². The molecule has 0 spiro atoms. The van der Waals surface area contributed by atoms with Crippen LogP contribution in [0, 0.1) is 5.82 Å². The van der Waals surface area contributed by atoms with Crippen LogP contribution in [0.3, 0.4) is 0 Å². The lowest BCUT2D eigenvalue weighted by atomic mass is 10.3. The fraction of sp³-hybridized carbons (Fsp3) is 0.400. The number of hydrogen-bond donors (Lipinski definition) is 2. The number of benzene rings is 1. The molecule has 17 heavy (non-hydrogen) atoms. The summed E-state index contributed by atoms with van der Waals surface area (Å²) in [5.41, 5.74) is 0.340. The third kappa shape index (κ3) is 3.65. The Bertz CT molecular complexity index is 490. The van der Waals surface area contributed by atoms with Crippen LogP contribution in [0.5, 0.6) is 0 Å². The summed E-state index contributed by atoms with van der Waals surface area (Å²) in [6.45, 7) is 1.31. The highest BCUT2D eigenvalue weighted by Crippen LogP contribution is 2.20.